The van der Waals surface area contributed by atoms with Gasteiger partial charge in [0, 0.05) is 0 Å². The van der Waals surface area contributed by atoms with Gasteiger partial charge in [0.1, 0.15) is 0 Å². The van der Waals surface area contributed by atoms with Gasteiger partial charge in [-0.05, 0) is 101 Å². The van der Waals surface area contributed by atoms with E-state index in [4.69, 9.17) is 0 Å². The van der Waals surface area contributed by atoms with Gasteiger partial charge in [-0.15, -0.1) is 0 Å². The lowest BCUT2D eigenvalue weighted by atomic mass is 9.63. The summed E-state index contributed by atoms with van der Waals surface area (Å²) in [7, 11) is 0. The van der Waals surface area contributed by atoms with Crippen LogP contribution in [0.25, 0.3) is 0 Å². The zero-order valence-electron chi connectivity index (χ0n) is 19.8. The molecule has 166 valence electrons. The molecule has 0 aromatic heterocycles. The molecule has 3 fully saturated rings. The SMILES string of the molecule is CCCCCCCC[C@H]1CC[C@H](C2CCC([C@H]3CC[C@](C)(C#N)CC3)CC2)CC1. The molecule has 0 unspecified atom stereocenters. The van der Waals surface area contributed by atoms with Crippen LogP contribution in [-0.4, -0.2) is 0 Å². The van der Waals surface area contributed by atoms with E-state index in [1.54, 1.807) is 12.8 Å². The van der Waals surface area contributed by atoms with E-state index in [2.05, 4.69) is 19.9 Å². The van der Waals surface area contributed by atoms with E-state index in [1.165, 1.54) is 96.3 Å². The van der Waals surface area contributed by atoms with Crippen molar-refractivity contribution in [3.63, 3.8) is 0 Å². The van der Waals surface area contributed by atoms with Crippen molar-refractivity contribution in [3.05, 3.63) is 0 Å². The van der Waals surface area contributed by atoms with E-state index >= 15 is 0 Å². The Morgan fingerprint density at radius 1 is 0.655 bits per heavy atom. The maximum absolute atomic E-state index is 9.39. The first kappa shape index (κ1) is 23.2. The lowest BCUT2D eigenvalue weighted by Crippen LogP contribution is -2.31. The fourth-order valence-electron chi connectivity index (χ4n) is 7.11. The van der Waals surface area contributed by atoms with Gasteiger partial charge in [0.05, 0.1) is 11.5 Å². The van der Waals surface area contributed by atoms with E-state index in [9.17, 15) is 5.26 Å². The summed E-state index contributed by atoms with van der Waals surface area (Å²) in [6.07, 6.45) is 27.4. The van der Waals surface area contributed by atoms with Gasteiger partial charge < -0.3 is 0 Å². The van der Waals surface area contributed by atoms with Crippen LogP contribution in [0.15, 0.2) is 0 Å². The van der Waals surface area contributed by atoms with Crippen molar-refractivity contribution in [2.75, 3.05) is 0 Å². The van der Waals surface area contributed by atoms with Gasteiger partial charge in [0.15, 0.2) is 0 Å². The highest BCUT2D eigenvalue weighted by Gasteiger charge is 2.37. The molecule has 3 saturated carbocycles. The average molecular weight is 400 g/mol. The lowest BCUT2D eigenvalue weighted by Gasteiger charge is -2.42. The van der Waals surface area contributed by atoms with Gasteiger partial charge >= 0.3 is 0 Å². The Hall–Kier alpha value is -0.510. The van der Waals surface area contributed by atoms with Crippen LogP contribution in [0.5, 0.6) is 0 Å². The normalized spacial score (nSPS) is 38.4. The molecule has 1 nitrogen and oxygen atoms in total. The summed E-state index contributed by atoms with van der Waals surface area (Å²) in [5.74, 6) is 5.09. The molecule has 0 aromatic carbocycles. The highest BCUT2D eigenvalue weighted by atomic mass is 14.4. The predicted molar refractivity (Wildman–Crippen MR) is 125 cm³/mol. The Labute approximate surface area is 182 Å². The predicted octanol–water partition coefficient (Wildman–Crippen LogP) is 9.07. The third-order valence-electron chi connectivity index (χ3n) is 9.41. The summed E-state index contributed by atoms with van der Waals surface area (Å²) in [5.41, 5.74) is -0.0121. The minimum atomic E-state index is -0.0121. The first-order valence-corrected chi connectivity index (χ1v) is 13.5. The van der Waals surface area contributed by atoms with Crippen molar-refractivity contribution in [2.24, 2.45) is 35.0 Å². The molecule has 1 heteroatoms. The van der Waals surface area contributed by atoms with E-state index in [0.717, 1.165) is 42.4 Å². The minimum Gasteiger partial charge on any atom is -0.198 e. The number of rotatable bonds is 9. The highest BCUT2D eigenvalue weighted by Crippen LogP contribution is 2.48. The second-order valence-electron chi connectivity index (χ2n) is 11.5. The van der Waals surface area contributed by atoms with Gasteiger partial charge in [-0.1, -0.05) is 64.7 Å². The molecule has 3 aliphatic carbocycles. The van der Waals surface area contributed by atoms with Gasteiger partial charge in [-0.3, -0.25) is 0 Å². The van der Waals surface area contributed by atoms with Crippen molar-refractivity contribution in [2.45, 2.75) is 136 Å². The van der Waals surface area contributed by atoms with Crippen molar-refractivity contribution < 1.29 is 0 Å². The monoisotopic (exact) mass is 399 g/mol. The summed E-state index contributed by atoms with van der Waals surface area (Å²) >= 11 is 0. The molecular formula is C28H49N. The molecule has 0 heterocycles. The molecule has 0 amide bonds. The van der Waals surface area contributed by atoms with Crippen LogP contribution in [0.3, 0.4) is 0 Å². The summed E-state index contributed by atoms with van der Waals surface area (Å²) in [4.78, 5) is 0. The number of nitriles is 1. The molecule has 0 N–H and O–H groups in total. The average Bonchev–Trinajstić information content (AvgIpc) is 2.77. The Morgan fingerprint density at radius 2 is 1.10 bits per heavy atom. The van der Waals surface area contributed by atoms with Crippen LogP contribution < -0.4 is 0 Å². The van der Waals surface area contributed by atoms with Crippen LogP contribution in [0, 0.1) is 46.3 Å². The first-order chi connectivity index (χ1) is 14.1. The Kier molecular flexibility index (Phi) is 9.40. The summed E-state index contributed by atoms with van der Waals surface area (Å²) in [6, 6.07) is 2.58. The molecule has 0 radical (unpaired) electrons. The van der Waals surface area contributed by atoms with Crippen LogP contribution in [0.1, 0.15) is 136 Å². The minimum absolute atomic E-state index is 0.0121. The molecule has 0 atom stereocenters. The summed E-state index contributed by atoms with van der Waals surface area (Å²) in [5, 5.41) is 9.39. The highest BCUT2D eigenvalue weighted by molar-refractivity contribution is 4.99. The molecule has 0 bridgehead atoms. The molecule has 3 aliphatic rings. The van der Waals surface area contributed by atoms with E-state index in [-0.39, 0.29) is 5.41 Å². The molecule has 0 saturated heterocycles. The third kappa shape index (κ3) is 7.01. The molecule has 3 rings (SSSR count). The number of hydrogen-bond donors (Lipinski definition) is 0. The van der Waals surface area contributed by atoms with Crippen LogP contribution in [0.4, 0.5) is 0 Å². The summed E-state index contributed by atoms with van der Waals surface area (Å²) in [6.45, 7) is 4.50. The smallest absolute Gasteiger partial charge is 0.0686 e. The Morgan fingerprint density at radius 3 is 1.62 bits per heavy atom. The van der Waals surface area contributed by atoms with Crippen molar-refractivity contribution in [1.29, 1.82) is 5.26 Å². The Balaban J connectivity index is 1.28. The largest absolute Gasteiger partial charge is 0.198 e. The first-order valence-electron chi connectivity index (χ1n) is 13.5. The van der Waals surface area contributed by atoms with Gasteiger partial charge in [-0.2, -0.15) is 5.26 Å². The zero-order chi connectivity index (χ0) is 20.5. The number of hydrogen-bond acceptors (Lipinski definition) is 1. The third-order valence-corrected chi connectivity index (χ3v) is 9.41. The van der Waals surface area contributed by atoms with Crippen LogP contribution >= 0.6 is 0 Å². The number of nitrogens with zero attached hydrogens (tertiary/aromatic N) is 1. The molecule has 0 aliphatic heterocycles. The van der Waals surface area contributed by atoms with Crippen molar-refractivity contribution >= 4 is 0 Å². The van der Waals surface area contributed by atoms with Gasteiger partial charge in [0.2, 0.25) is 0 Å². The molecule has 0 spiro atoms. The fraction of sp³-hybridized carbons (Fsp3) is 0.964. The Bertz CT molecular complexity index is 479. The lowest BCUT2D eigenvalue weighted by molar-refractivity contribution is 0.0962. The van der Waals surface area contributed by atoms with Crippen molar-refractivity contribution in [3.8, 4) is 6.07 Å². The van der Waals surface area contributed by atoms with E-state index < -0.39 is 0 Å². The zero-order valence-corrected chi connectivity index (χ0v) is 19.8. The topological polar surface area (TPSA) is 23.8 Å². The maximum Gasteiger partial charge on any atom is 0.0686 e. The van der Waals surface area contributed by atoms with E-state index in [1.807, 2.05) is 0 Å². The van der Waals surface area contributed by atoms with Gasteiger partial charge in [-0.25, -0.2) is 0 Å². The standard InChI is InChI=1S/C28H49N/c1-3-4-5-6-7-8-9-23-10-12-24(13-11-23)25-14-16-26(17-15-25)27-18-20-28(2,22-29)21-19-27/h23-27H,3-21H2,1-2H3/t23-,24-,25?,26?,27-,28-. The molecular weight excluding hydrogens is 350 g/mol. The quantitative estimate of drug-likeness (QED) is 0.355. The number of unbranched alkanes of at least 4 members (excludes halogenated alkanes) is 5. The fourth-order valence-corrected chi connectivity index (χ4v) is 7.11. The second kappa shape index (κ2) is 11.8. The van der Waals surface area contributed by atoms with Crippen LogP contribution in [-0.2, 0) is 0 Å². The summed E-state index contributed by atoms with van der Waals surface area (Å²) < 4.78 is 0. The van der Waals surface area contributed by atoms with Crippen molar-refractivity contribution in [1.82, 2.24) is 0 Å². The molecule has 29 heavy (non-hydrogen) atoms. The maximum atomic E-state index is 9.39. The molecule has 0 aromatic rings. The second-order valence-corrected chi connectivity index (χ2v) is 11.5. The van der Waals surface area contributed by atoms with E-state index in [0.29, 0.717) is 0 Å². The van der Waals surface area contributed by atoms with Crippen LogP contribution in [0.2, 0.25) is 0 Å². The van der Waals surface area contributed by atoms with Gasteiger partial charge in [0.25, 0.3) is 0 Å².